The molecule has 0 spiro atoms. The summed E-state index contributed by atoms with van der Waals surface area (Å²) in [6.45, 7) is 2.51. The second-order valence-electron chi connectivity index (χ2n) is 6.69. The Balaban J connectivity index is 1.82. The molecule has 7 heteroatoms. The molecule has 1 aliphatic heterocycles. The van der Waals surface area contributed by atoms with Gasteiger partial charge in [0.2, 0.25) is 17.7 Å². The first-order chi connectivity index (χ1) is 13.0. The highest BCUT2D eigenvalue weighted by Gasteiger charge is 2.30. The Hall–Kier alpha value is -2.96. The Morgan fingerprint density at radius 1 is 1.19 bits per heavy atom. The number of nitrogens with zero attached hydrogens (tertiary/aromatic N) is 3. The van der Waals surface area contributed by atoms with E-state index in [9.17, 15) is 9.59 Å². The van der Waals surface area contributed by atoms with E-state index in [4.69, 9.17) is 10.5 Å². The molecule has 2 amide bonds. The van der Waals surface area contributed by atoms with Gasteiger partial charge in [0.15, 0.2) is 5.82 Å². The number of ether oxygens (including phenoxy) is 1. The molecule has 142 valence electrons. The molecule has 0 bridgehead atoms. The lowest BCUT2D eigenvalue weighted by molar-refractivity contribution is -0.136. The number of benzene rings is 1. The minimum atomic E-state index is -0.470. The summed E-state index contributed by atoms with van der Waals surface area (Å²) in [7, 11) is 0. The number of carbonyl (C=O) groups is 2. The third-order valence-corrected chi connectivity index (χ3v) is 4.52. The molecular formula is C20H24N4O3. The number of rotatable bonds is 6. The van der Waals surface area contributed by atoms with Crippen LogP contribution >= 0.6 is 0 Å². The van der Waals surface area contributed by atoms with Gasteiger partial charge in [-0.2, -0.15) is 4.98 Å². The standard InChI is InChI=1S/C20H24N4O3/c1-14-13-18(27-15-7-3-2-4-8-15)23-20(22-14)16-9-5-6-12-24(16)19(26)11-10-17(21)25/h2-4,7-8,13,16H,5-6,9-12H2,1H3,(H2,21,25). The summed E-state index contributed by atoms with van der Waals surface area (Å²) in [5.74, 6) is 1.17. The van der Waals surface area contributed by atoms with E-state index in [1.165, 1.54) is 0 Å². The fourth-order valence-electron chi connectivity index (χ4n) is 3.24. The summed E-state index contributed by atoms with van der Waals surface area (Å²) >= 11 is 0. The summed E-state index contributed by atoms with van der Waals surface area (Å²) in [6.07, 6.45) is 2.88. The van der Waals surface area contributed by atoms with E-state index in [1.54, 1.807) is 11.0 Å². The number of carbonyl (C=O) groups excluding carboxylic acids is 2. The zero-order valence-corrected chi connectivity index (χ0v) is 15.4. The Kier molecular flexibility index (Phi) is 6.01. The first kappa shape index (κ1) is 18.8. The number of amides is 2. The van der Waals surface area contributed by atoms with E-state index in [0.29, 0.717) is 24.0 Å². The molecule has 0 aliphatic carbocycles. The molecule has 1 aromatic heterocycles. The van der Waals surface area contributed by atoms with Crippen molar-refractivity contribution in [2.75, 3.05) is 6.54 Å². The smallest absolute Gasteiger partial charge is 0.223 e. The minimum Gasteiger partial charge on any atom is -0.439 e. The Bertz CT molecular complexity index is 810. The average molecular weight is 368 g/mol. The van der Waals surface area contributed by atoms with Crippen molar-refractivity contribution in [3.05, 3.63) is 47.9 Å². The summed E-state index contributed by atoms with van der Waals surface area (Å²) < 4.78 is 5.85. The van der Waals surface area contributed by atoms with Crippen molar-refractivity contribution in [3.8, 4) is 11.6 Å². The van der Waals surface area contributed by atoms with Gasteiger partial charge in [0.1, 0.15) is 5.75 Å². The fourth-order valence-corrected chi connectivity index (χ4v) is 3.24. The van der Waals surface area contributed by atoms with Gasteiger partial charge in [-0.3, -0.25) is 9.59 Å². The maximum absolute atomic E-state index is 12.6. The number of aryl methyl sites for hydroxylation is 1. The van der Waals surface area contributed by atoms with Crippen LogP contribution in [0.25, 0.3) is 0 Å². The minimum absolute atomic E-state index is 0.0547. The summed E-state index contributed by atoms with van der Waals surface area (Å²) in [6, 6.07) is 11.0. The average Bonchev–Trinajstić information content (AvgIpc) is 2.66. The molecule has 1 aliphatic rings. The summed E-state index contributed by atoms with van der Waals surface area (Å²) in [5.41, 5.74) is 5.96. The van der Waals surface area contributed by atoms with Gasteiger partial charge < -0.3 is 15.4 Å². The lowest BCUT2D eigenvalue weighted by Gasteiger charge is -2.35. The van der Waals surface area contributed by atoms with Crippen molar-refractivity contribution in [2.24, 2.45) is 5.73 Å². The Labute approximate surface area is 158 Å². The monoisotopic (exact) mass is 368 g/mol. The number of hydrogen-bond donors (Lipinski definition) is 1. The lowest BCUT2D eigenvalue weighted by atomic mass is 10.0. The number of piperidine rings is 1. The van der Waals surface area contributed by atoms with Gasteiger partial charge in [-0.1, -0.05) is 18.2 Å². The molecule has 3 rings (SSSR count). The normalized spacial score (nSPS) is 16.8. The van der Waals surface area contributed by atoms with Crippen LogP contribution in [0.3, 0.4) is 0 Å². The van der Waals surface area contributed by atoms with Crippen LogP contribution in [0.4, 0.5) is 0 Å². The number of para-hydroxylation sites is 1. The molecule has 27 heavy (non-hydrogen) atoms. The molecule has 2 aromatic rings. The van der Waals surface area contributed by atoms with Crippen LogP contribution in [0, 0.1) is 6.92 Å². The van der Waals surface area contributed by atoms with Crippen molar-refractivity contribution in [3.63, 3.8) is 0 Å². The van der Waals surface area contributed by atoms with Crippen LogP contribution in [0.15, 0.2) is 36.4 Å². The van der Waals surface area contributed by atoms with Crippen LogP contribution in [-0.4, -0.2) is 33.2 Å². The van der Waals surface area contributed by atoms with Gasteiger partial charge in [0, 0.05) is 31.1 Å². The lowest BCUT2D eigenvalue weighted by Crippen LogP contribution is -2.39. The highest BCUT2D eigenvalue weighted by molar-refractivity contribution is 5.83. The fraction of sp³-hybridized carbons (Fsp3) is 0.400. The second kappa shape index (κ2) is 8.62. The van der Waals surface area contributed by atoms with E-state index in [2.05, 4.69) is 9.97 Å². The topological polar surface area (TPSA) is 98.4 Å². The molecule has 1 saturated heterocycles. The van der Waals surface area contributed by atoms with Crippen LogP contribution < -0.4 is 10.5 Å². The predicted molar refractivity (Wildman–Crippen MR) is 100 cm³/mol. The van der Waals surface area contributed by atoms with Crippen LogP contribution in [0.1, 0.15) is 49.7 Å². The zero-order chi connectivity index (χ0) is 19.2. The molecule has 7 nitrogen and oxygen atoms in total. The Morgan fingerprint density at radius 2 is 1.96 bits per heavy atom. The van der Waals surface area contributed by atoms with Crippen molar-refractivity contribution < 1.29 is 14.3 Å². The van der Waals surface area contributed by atoms with E-state index < -0.39 is 5.91 Å². The third-order valence-electron chi connectivity index (χ3n) is 4.52. The van der Waals surface area contributed by atoms with E-state index in [-0.39, 0.29) is 24.8 Å². The van der Waals surface area contributed by atoms with Crippen molar-refractivity contribution in [1.82, 2.24) is 14.9 Å². The van der Waals surface area contributed by atoms with E-state index in [0.717, 1.165) is 25.0 Å². The second-order valence-corrected chi connectivity index (χ2v) is 6.69. The molecular weight excluding hydrogens is 344 g/mol. The van der Waals surface area contributed by atoms with Crippen LogP contribution in [-0.2, 0) is 9.59 Å². The molecule has 1 fully saturated rings. The SMILES string of the molecule is Cc1cc(Oc2ccccc2)nc(C2CCCCN2C(=O)CCC(N)=O)n1. The van der Waals surface area contributed by atoms with Crippen LogP contribution in [0.2, 0.25) is 0 Å². The van der Waals surface area contributed by atoms with Crippen LogP contribution in [0.5, 0.6) is 11.6 Å². The highest BCUT2D eigenvalue weighted by Crippen LogP contribution is 2.31. The van der Waals surface area contributed by atoms with Crippen molar-refractivity contribution >= 4 is 11.8 Å². The van der Waals surface area contributed by atoms with Gasteiger partial charge in [-0.05, 0) is 38.3 Å². The van der Waals surface area contributed by atoms with Crippen molar-refractivity contribution in [1.29, 1.82) is 0 Å². The molecule has 1 unspecified atom stereocenters. The third kappa shape index (κ3) is 5.03. The van der Waals surface area contributed by atoms with E-state index >= 15 is 0 Å². The van der Waals surface area contributed by atoms with Gasteiger partial charge in [-0.15, -0.1) is 0 Å². The molecule has 1 atom stereocenters. The molecule has 2 heterocycles. The largest absolute Gasteiger partial charge is 0.439 e. The first-order valence-corrected chi connectivity index (χ1v) is 9.19. The van der Waals surface area contributed by atoms with Gasteiger partial charge >= 0.3 is 0 Å². The molecule has 2 N–H and O–H groups in total. The summed E-state index contributed by atoms with van der Waals surface area (Å²) in [4.78, 5) is 34.5. The highest BCUT2D eigenvalue weighted by atomic mass is 16.5. The maximum atomic E-state index is 12.6. The number of hydrogen-bond acceptors (Lipinski definition) is 5. The Morgan fingerprint density at radius 3 is 2.70 bits per heavy atom. The number of nitrogens with two attached hydrogens (primary N) is 1. The van der Waals surface area contributed by atoms with Gasteiger partial charge in [0.25, 0.3) is 0 Å². The molecule has 0 saturated carbocycles. The number of likely N-dealkylation sites (tertiary alicyclic amines) is 1. The van der Waals surface area contributed by atoms with Crippen molar-refractivity contribution in [2.45, 2.75) is 45.1 Å². The maximum Gasteiger partial charge on any atom is 0.223 e. The summed E-state index contributed by atoms with van der Waals surface area (Å²) in [5, 5.41) is 0. The zero-order valence-electron chi connectivity index (χ0n) is 15.4. The van der Waals surface area contributed by atoms with Gasteiger partial charge in [-0.25, -0.2) is 4.98 Å². The number of primary amides is 1. The molecule has 1 aromatic carbocycles. The van der Waals surface area contributed by atoms with Gasteiger partial charge in [0.05, 0.1) is 6.04 Å². The molecule has 0 radical (unpaired) electrons. The van der Waals surface area contributed by atoms with E-state index in [1.807, 2.05) is 37.3 Å². The predicted octanol–water partition coefficient (Wildman–Crippen LogP) is 2.90. The number of aromatic nitrogens is 2. The first-order valence-electron chi connectivity index (χ1n) is 9.19. The quantitative estimate of drug-likeness (QED) is 0.845.